The fourth-order valence-electron chi connectivity index (χ4n) is 3.93. The first-order valence-corrected chi connectivity index (χ1v) is 13.1. The van der Waals surface area contributed by atoms with E-state index in [1.807, 2.05) is 32.0 Å². The van der Waals surface area contributed by atoms with E-state index >= 15 is 0 Å². The van der Waals surface area contributed by atoms with Crippen LogP contribution in [-0.4, -0.2) is 39.7 Å². The van der Waals surface area contributed by atoms with E-state index in [1.165, 1.54) is 28.8 Å². The Hall–Kier alpha value is -3.98. The molecule has 0 saturated carbocycles. The lowest BCUT2D eigenvalue weighted by atomic mass is 10.1. The van der Waals surface area contributed by atoms with Crippen LogP contribution in [0.2, 0.25) is 0 Å². The summed E-state index contributed by atoms with van der Waals surface area (Å²) < 4.78 is 18.5. The number of halogens is 1. The van der Waals surface area contributed by atoms with E-state index in [4.69, 9.17) is 4.74 Å². The van der Waals surface area contributed by atoms with Gasteiger partial charge in [0.15, 0.2) is 5.17 Å². The molecule has 0 aliphatic carbocycles. The molecule has 1 N–H and O–H groups in total. The van der Waals surface area contributed by atoms with Crippen molar-refractivity contribution < 1.29 is 23.5 Å². The monoisotopic (exact) mass is 533 g/mol. The van der Waals surface area contributed by atoms with Crippen LogP contribution in [0.5, 0.6) is 0 Å². The van der Waals surface area contributed by atoms with Gasteiger partial charge in [0, 0.05) is 12.1 Å². The molecule has 0 radical (unpaired) electrons. The van der Waals surface area contributed by atoms with Crippen LogP contribution in [0.15, 0.2) is 71.7 Å². The zero-order valence-corrected chi connectivity index (χ0v) is 22.2. The topological polar surface area (TPSA) is 88.1 Å². The molecule has 1 saturated heterocycles. The highest BCUT2D eigenvalue weighted by Gasteiger charge is 2.36. The summed E-state index contributed by atoms with van der Waals surface area (Å²) in [6.45, 7) is 6.08. The summed E-state index contributed by atoms with van der Waals surface area (Å²) >= 11 is 1.19. The van der Waals surface area contributed by atoms with Crippen molar-refractivity contribution in [2.24, 2.45) is 4.99 Å². The molecular weight excluding hydrogens is 505 g/mol. The van der Waals surface area contributed by atoms with Crippen LogP contribution in [0.25, 0.3) is 0 Å². The maximum Gasteiger partial charge on any atom is 0.338 e. The Balaban J connectivity index is 1.60. The van der Waals surface area contributed by atoms with E-state index in [2.05, 4.69) is 10.3 Å². The van der Waals surface area contributed by atoms with Gasteiger partial charge in [0.05, 0.1) is 24.4 Å². The van der Waals surface area contributed by atoms with E-state index in [-0.39, 0.29) is 37.2 Å². The number of nitrogens with one attached hydrogen (secondary N) is 1. The van der Waals surface area contributed by atoms with Crippen LogP contribution in [0.3, 0.4) is 0 Å². The van der Waals surface area contributed by atoms with Crippen molar-refractivity contribution >= 4 is 46.1 Å². The minimum Gasteiger partial charge on any atom is -0.462 e. The smallest absolute Gasteiger partial charge is 0.338 e. The summed E-state index contributed by atoms with van der Waals surface area (Å²) in [7, 11) is 0. The molecule has 38 heavy (non-hydrogen) atoms. The molecule has 0 spiro atoms. The summed E-state index contributed by atoms with van der Waals surface area (Å²) in [5.74, 6) is -1.36. The van der Waals surface area contributed by atoms with Crippen molar-refractivity contribution in [2.75, 3.05) is 11.9 Å². The van der Waals surface area contributed by atoms with Crippen LogP contribution >= 0.6 is 11.8 Å². The molecule has 9 heteroatoms. The Labute approximate surface area is 225 Å². The molecular formula is C29H28FN3O4S. The molecule has 1 fully saturated rings. The number of carbonyl (C=O) groups is 3. The molecule has 3 aromatic rings. The average Bonchev–Trinajstić information content (AvgIpc) is 2.89. The van der Waals surface area contributed by atoms with E-state index < -0.39 is 11.2 Å². The number of carbonyl (C=O) groups excluding carboxylic acids is 3. The highest BCUT2D eigenvalue weighted by Crippen LogP contribution is 2.31. The van der Waals surface area contributed by atoms with Crippen molar-refractivity contribution in [3.63, 3.8) is 0 Å². The van der Waals surface area contributed by atoms with Gasteiger partial charge in [-0.15, -0.1) is 0 Å². The molecule has 4 rings (SSSR count). The lowest BCUT2D eigenvalue weighted by Gasteiger charge is -2.32. The minimum absolute atomic E-state index is 0.0105. The number of amides is 2. The Morgan fingerprint density at radius 3 is 2.45 bits per heavy atom. The van der Waals surface area contributed by atoms with Gasteiger partial charge in [0.1, 0.15) is 11.1 Å². The molecule has 3 aromatic carbocycles. The van der Waals surface area contributed by atoms with E-state index in [1.54, 1.807) is 43.3 Å². The molecule has 0 aromatic heterocycles. The van der Waals surface area contributed by atoms with Gasteiger partial charge < -0.3 is 10.1 Å². The van der Waals surface area contributed by atoms with E-state index in [9.17, 15) is 18.8 Å². The number of hydrogen-bond donors (Lipinski definition) is 1. The second kappa shape index (κ2) is 12.0. The van der Waals surface area contributed by atoms with Gasteiger partial charge in [-0.3, -0.25) is 14.5 Å². The predicted molar refractivity (Wildman–Crippen MR) is 147 cm³/mol. The van der Waals surface area contributed by atoms with Gasteiger partial charge in [-0.25, -0.2) is 14.2 Å². The first kappa shape index (κ1) is 27.1. The third-order valence-corrected chi connectivity index (χ3v) is 7.12. The fourth-order valence-corrected chi connectivity index (χ4v) is 5.03. The van der Waals surface area contributed by atoms with Crippen LogP contribution in [0.1, 0.15) is 40.4 Å². The molecule has 1 aliphatic heterocycles. The van der Waals surface area contributed by atoms with Crippen LogP contribution in [0.4, 0.5) is 15.8 Å². The molecule has 2 amide bonds. The number of amidine groups is 1. The molecule has 196 valence electrons. The zero-order valence-electron chi connectivity index (χ0n) is 21.4. The molecule has 0 bridgehead atoms. The molecule has 1 aliphatic rings. The van der Waals surface area contributed by atoms with E-state index in [0.717, 1.165) is 16.7 Å². The number of benzene rings is 3. The molecule has 7 nitrogen and oxygen atoms in total. The molecule has 1 unspecified atom stereocenters. The number of aryl methyl sites for hydroxylation is 2. The van der Waals surface area contributed by atoms with Crippen molar-refractivity contribution in [1.29, 1.82) is 0 Å². The largest absolute Gasteiger partial charge is 0.462 e. The van der Waals surface area contributed by atoms with Gasteiger partial charge in [0.25, 0.3) is 0 Å². The fraction of sp³-hybridized carbons (Fsp3) is 0.241. The quantitative estimate of drug-likeness (QED) is 0.389. The Morgan fingerprint density at radius 1 is 1.08 bits per heavy atom. The van der Waals surface area contributed by atoms with Gasteiger partial charge in [0.2, 0.25) is 11.8 Å². The third kappa shape index (κ3) is 6.66. The normalized spacial score (nSPS) is 16.4. The number of nitrogens with zero attached hydrogens (tertiary/aromatic N) is 2. The second-order valence-electron chi connectivity index (χ2n) is 8.89. The maximum absolute atomic E-state index is 13.4. The van der Waals surface area contributed by atoms with Crippen molar-refractivity contribution in [3.8, 4) is 0 Å². The zero-order chi connectivity index (χ0) is 27.2. The van der Waals surface area contributed by atoms with Crippen LogP contribution in [0, 0.1) is 19.7 Å². The summed E-state index contributed by atoms with van der Waals surface area (Å²) in [5, 5.41) is 2.59. The SMILES string of the molecule is CCOC(=O)c1ccc(N=C2SC(C(=O)Nc3ccc(C)cc3C)CC(=O)N2Cc2ccc(F)cc2)cc1. The summed E-state index contributed by atoms with van der Waals surface area (Å²) in [5.41, 5.74) is 4.32. The number of anilines is 1. The number of thioether (sulfide) groups is 1. The third-order valence-electron chi connectivity index (χ3n) is 5.93. The summed E-state index contributed by atoms with van der Waals surface area (Å²) in [4.78, 5) is 44.6. The predicted octanol–water partition coefficient (Wildman–Crippen LogP) is 5.78. The van der Waals surface area contributed by atoms with Crippen LogP contribution in [-0.2, 0) is 20.9 Å². The lowest BCUT2D eigenvalue weighted by Crippen LogP contribution is -2.44. The highest BCUT2D eigenvalue weighted by molar-refractivity contribution is 8.15. The lowest BCUT2D eigenvalue weighted by molar-refractivity contribution is -0.129. The maximum atomic E-state index is 13.4. The van der Waals surface area contributed by atoms with Gasteiger partial charge in [-0.2, -0.15) is 0 Å². The Morgan fingerprint density at radius 2 is 1.79 bits per heavy atom. The first-order valence-electron chi connectivity index (χ1n) is 12.2. The standard InChI is InChI=1S/C29H28FN3O4S/c1-4-37-28(36)21-8-12-23(13-9-21)31-29-33(17-20-6-10-22(30)11-7-20)26(34)16-25(38-29)27(35)32-24-14-5-18(2)15-19(24)3/h5-15,25H,4,16-17H2,1-3H3,(H,32,35). The number of ether oxygens (including phenoxy) is 1. The van der Waals surface area contributed by atoms with Gasteiger partial charge in [-0.1, -0.05) is 41.6 Å². The number of aliphatic imine (C=N–C) groups is 1. The highest BCUT2D eigenvalue weighted by atomic mass is 32.2. The van der Waals surface area contributed by atoms with Crippen LogP contribution < -0.4 is 5.32 Å². The molecule has 1 heterocycles. The Kier molecular flexibility index (Phi) is 8.58. The average molecular weight is 534 g/mol. The van der Waals surface area contributed by atoms with E-state index in [0.29, 0.717) is 22.1 Å². The first-order chi connectivity index (χ1) is 18.2. The van der Waals surface area contributed by atoms with Crippen molar-refractivity contribution in [3.05, 3.63) is 94.8 Å². The van der Waals surface area contributed by atoms with Crippen molar-refractivity contribution in [2.45, 2.75) is 39.0 Å². The second-order valence-corrected chi connectivity index (χ2v) is 10.1. The minimum atomic E-state index is -0.690. The van der Waals surface area contributed by atoms with Gasteiger partial charge >= 0.3 is 5.97 Å². The summed E-state index contributed by atoms with van der Waals surface area (Å²) in [6.07, 6.45) is -0.0105. The number of rotatable bonds is 7. The van der Waals surface area contributed by atoms with Crippen molar-refractivity contribution in [1.82, 2.24) is 4.90 Å². The number of hydrogen-bond acceptors (Lipinski definition) is 6. The number of esters is 1. The summed E-state index contributed by atoms with van der Waals surface area (Å²) in [6, 6.07) is 18.1. The molecule has 1 atom stereocenters. The Bertz CT molecular complexity index is 1370. The van der Waals surface area contributed by atoms with Gasteiger partial charge in [-0.05, 0) is 74.4 Å².